The molecule has 0 aliphatic heterocycles. The first-order chi connectivity index (χ1) is 9.54. The number of hydrogen-bond donors (Lipinski definition) is 0. The van der Waals surface area contributed by atoms with E-state index in [1.54, 1.807) is 37.4 Å². The average molecular weight is 273 g/mol. The maximum atomic E-state index is 12.4. The number of carbonyl (C=O) groups excluding carboxylic acids is 1. The Hall–Kier alpha value is -2.50. The summed E-state index contributed by atoms with van der Waals surface area (Å²) in [6.45, 7) is 3.47. The van der Waals surface area contributed by atoms with Crippen LogP contribution in [0.2, 0.25) is 0 Å². The molecule has 0 amide bonds. The van der Waals surface area contributed by atoms with Crippen molar-refractivity contribution in [2.45, 2.75) is 26.3 Å². The van der Waals surface area contributed by atoms with Gasteiger partial charge >= 0.3 is 5.82 Å². The molecule has 0 radical (unpaired) electrons. The van der Waals surface area contributed by atoms with Crippen LogP contribution in [0.5, 0.6) is 0 Å². The fourth-order valence-corrected chi connectivity index (χ4v) is 2.10. The maximum Gasteiger partial charge on any atom is 0.392 e. The van der Waals surface area contributed by atoms with Gasteiger partial charge in [-0.2, -0.15) is 4.68 Å². The van der Waals surface area contributed by atoms with Crippen LogP contribution in [0.25, 0.3) is 0 Å². The SMILES string of the molecule is CCC(C(=O)c1ccccc1)n1cc(C)c([N+](=O)[O-])n1. The Labute approximate surface area is 116 Å². The van der Waals surface area contributed by atoms with Crippen molar-refractivity contribution >= 4 is 11.6 Å². The van der Waals surface area contributed by atoms with Gasteiger partial charge in [0.15, 0.2) is 5.78 Å². The highest BCUT2D eigenvalue weighted by Crippen LogP contribution is 2.22. The van der Waals surface area contributed by atoms with Crippen LogP contribution in [0.1, 0.15) is 35.3 Å². The lowest BCUT2D eigenvalue weighted by Gasteiger charge is -2.11. The lowest BCUT2D eigenvalue weighted by atomic mass is 10.0. The standard InChI is InChI=1S/C14H15N3O3/c1-3-12(13(18)11-7-5-4-6-8-11)16-9-10(2)14(15-16)17(19)20/h4-9,12H,3H2,1-2H3. The Morgan fingerprint density at radius 1 is 1.40 bits per heavy atom. The number of nitrogens with zero attached hydrogens (tertiary/aromatic N) is 3. The number of ketones is 1. The van der Waals surface area contributed by atoms with Gasteiger partial charge in [-0.1, -0.05) is 37.3 Å². The lowest BCUT2D eigenvalue weighted by molar-refractivity contribution is -0.390. The topological polar surface area (TPSA) is 78.0 Å². The van der Waals surface area contributed by atoms with Crippen LogP contribution in [-0.2, 0) is 0 Å². The summed E-state index contributed by atoms with van der Waals surface area (Å²) in [6.07, 6.45) is 2.07. The first-order valence-electron chi connectivity index (χ1n) is 6.34. The molecule has 0 saturated heterocycles. The van der Waals surface area contributed by atoms with Gasteiger partial charge in [-0.15, -0.1) is 0 Å². The zero-order valence-electron chi connectivity index (χ0n) is 11.3. The van der Waals surface area contributed by atoms with E-state index in [-0.39, 0.29) is 11.6 Å². The van der Waals surface area contributed by atoms with Crippen molar-refractivity contribution in [3.63, 3.8) is 0 Å². The van der Waals surface area contributed by atoms with E-state index in [4.69, 9.17) is 0 Å². The quantitative estimate of drug-likeness (QED) is 0.476. The second kappa shape index (κ2) is 5.64. The van der Waals surface area contributed by atoms with Gasteiger partial charge in [0.05, 0.1) is 16.9 Å². The van der Waals surface area contributed by atoms with E-state index in [0.29, 0.717) is 17.5 Å². The Morgan fingerprint density at radius 3 is 2.55 bits per heavy atom. The molecule has 1 heterocycles. The molecule has 0 saturated carbocycles. The number of Topliss-reactive ketones (excluding diaryl/α,β-unsaturated/α-hetero) is 1. The Bertz CT molecular complexity index is 634. The number of aryl methyl sites for hydroxylation is 1. The summed E-state index contributed by atoms with van der Waals surface area (Å²) in [5.74, 6) is -0.296. The highest BCUT2D eigenvalue weighted by atomic mass is 16.6. The first-order valence-corrected chi connectivity index (χ1v) is 6.34. The molecule has 1 aromatic carbocycles. The van der Waals surface area contributed by atoms with Gasteiger partial charge in [-0.25, -0.2) is 0 Å². The summed E-state index contributed by atoms with van der Waals surface area (Å²) in [6, 6.07) is 8.35. The van der Waals surface area contributed by atoms with Crippen LogP contribution in [0, 0.1) is 17.0 Å². The number of benzene rings is 1. The third-order valence-corrected chi connectivity index (χ3v) is 3.13. The molecule has 2 rings (SSSR count). The van der Waals surface area contributed by atoms with E-state index in [2.05, 4.69) is 5.10 Å². The van der Waals surface area contributed by atoms with Gasteiger partial charge in [0.25, 0.3) is 0 Å². The van der Waals surface area contributed by atoms with Gasteiger partial charge in [0.2, 0.25) is 0 Å². The normalized spacial score (nSPS) is 12.1. The van der Waals surface area contributed by atoms with Crippen molar-refractivity contribution in [1.82, 2.24) is 9.78 Å². The minimum atomic E-state index is -0.536. The van der Waals surface area contributed by atoms with Crippen LogP contribution < -0.4 is 0 Å². The van der Waals surface area contributed by atoms with Crippen molar-refractivity contribution < 1.29 is 9.72 Å². The molecule has 0 aliphatic carbocycles. The van der Waals surface area contributed by atoms with E-state index in [1.807, 2.05) is 13.0 Å². The molecule has 0 fully saturated rings. The molecular weight excluding hydrogens is 258 g/mol. The largest absolute Gasteiger partial charge is 0.392 e. The highest BCUT2D eigenvalue weighted by molar-refractivity contribution is 5.98. The van der Waals surface area contributed by atoms with Gasteiger partial charge < -0.3 is 10.1 Å². The number of rotatable bonds is 5. The van der Waals surface area contributed by atoms with E-state index in [1.165, 1.54) is 4.68 Å². The molecule has 0 N–H and O–H groups in total. The van der Waals surface area contributed by atoms with Crippen LogP contribution >= 0.6 is 0 Å². The van der Waals surface area contributed by atoms with E-state index < -0.39 is 11.0 Å². The molecular formula is C14H15N3O3. The van der Waals surface area contributed by atoms with E-state index in [0.717, 1.165) is 0 Å². The smallest absolute Gasteiger partial charge is 0.358 e. The second-order valence-corrected chi connectivity index (χ2v) is 4.53. The number of aromatic nitrogens is 2. The van der Waals surface area contributed by atoms with Crippen molar-refractivity contribution in [2.75, 3.05) is 0 Å². The fourth-order valence-electron chi connectivity index (χ4n) is 2.10. The highest BCUT2D eigenvalue weighted by Gasteiger charge is 2.27. The Balaban J connectivity index is 2.36. The zero-order valence-corrected chi connectivity index (χ0v) is 11.3. The predicted molar refractivity (Wildman–Crippen MR) is 73.7 cm³/mol. The number of nitro groups is 1. The number of hydrogen-bond acceptors (Lipinski definition) is 4. The first kappa shape index (κ1) is 13.9. The van der Waals surface area contributed by atoms with Gasteiger partial charge in [0, 0.05) is 5.56 Å². The molecule has 0 bridgehead atoms. The van der Waals surface area contributed by atoms with Crippen LogP contribution in [0.4, 0.5) is 5.82 Å². The summed E-state index contributed by atoms with van der Waals surface area (Å²) < 4.78 is 1.39. The van der Waals surface area contributed by atoms with Gasteiger partial charge in [-0.05, 0) is 18.3 Å². The maximum absolute atomic E-state index is 12.4. The monoisotopic (exact) mass is 273 g/mol. The van der Waals surface area contributed by atoms with Crippen molar-refractivity contribution in [1.29, 1.82) is 0 Å². The number of carbonyl (C=O) groups is 1. The molecule has 1 unspecified atom stereocenters. The zero-order chi connectivity index (χ0) is 14.7. The van der Waals surface area contributed by atoms with Crippen LogP contribution in [0.3, 0.4) is 0 Å². The molecule has 6 heteroatoms. The lowest BCUT2D eigenvalue weighted by Crippen LogP contribution is -2.19. The molecule has 1 aromatic heterocycles. The van der Waals surface area contributed by atoms with Gasteiger partial charge in [0.1, 0.15) is 6.04 Å². The molecule has 1 atom stereocenters. The van der Waals surface area contributed by atoms with Crippen molar-refractivity contribution in [3.8, 4) is 0 Å². The molecule has 20 heavy (non-hydrogen) atoms. The summed E-state index contributed by atoms with van der Waals surface area (Å²) >= 11 is 0. The Morgan fingerprint density at radius 2 is 2.05 bits per heavy atom. The van der Waals surface area contributed by atoms with Crippen molar-refractivity contribution in [2.24, 2.45) is 0 Å². The van der Waals surface area contributed by atoms with Gasteiger partial charge in [-0.3, -0.25) is 4.79 Å². The third-order valence-electron chi connectivity index (χ3n) is 3.13. The summed E-state index contributed by atoms with van der Waals surface area (Å²) in [7, 11) is 0. The second-order valence-electron chi connectivity index (χ2n) is 4.53. The van der Waals surface area contributed by atoms with E-state index in [9.17, 15) is 14.9 Å². The minimum absolute atomic E-state index is 0.0921. The third kappa shape index (κ3) is 2.59. The predicted octanol–water partition coefficient (Wildman–Crippen LogP) is 2.93. The minimum Gasteiger partial charge on any atom is -0.358 e. The fraction of sp³-hybridized carbons (Fsp3) is 0.286. The van der Waals surface area contributed by atoms with Crippen LogP contribution in [-0.4, -0.2) is 20.5 Å². The van der Waals surface area contributed by atoms with Crippen molar-refractivity contribution in [3.05, 3.63) is 57.8 Å². The molecule has 0 spiro atoms. The average Bonchev–Trinajstić information content (AvgIpc) is 2.82. The summed E-state index contributed by atoms with van der Waals surface area (Å²) in [5.41, 5.74) is 1.03. The molecule has 6 nitrogen and oxygen atoms in total. The Kier molecular flexibility index (Phi) is 3.93. The molecule has 0 aliphatic rings. The summed E-state index contributed by atoms with van der Waals surface area (Å²) in [4.78, 5) is 22.7. The summed E-state index contributed by atoms with van der Waals surface area (Å²) in [5, 5.41) is 14.8. The van der Waals surface area contributed by atoms with E-state index >= 15 is 0 Å². The molecule has 2 aromatic rings. The molecule has 104 valence electrons. The van der Waals surface area contributed by atoms with Crippen LogP contribution in [0.15, 0.2) is 36.5 Å².